The van der Waals surface area contributed by atoms with Gasteiger partial charge in [0, 0.05) is 13.0 Å². The second-order valence-corrected chi connectivity index (χ2v) is 3.27. The number of rotatable bonds is 2. The second kappa shape index (κ2) is 4.55. The summed E-state index contributed by atoms with van der Waals surface area (Å²) < 4.78 is 40.1. The van der Waals surface area contributed by atoms with Crippen LogP contribution in [0.25, 0.3) is 0 Å². The Balaban J connectivity index is 2.55. The van der Waals surface area contributed by atoms with Gasteiger partial charge < -0.3 is 9.64 Å². The molecule has 1 rings (SSSR count). The predicted octanol–water partition coefficient (Wildman–Crippen LogP) is 2.05. The molecule has 3 nitrogen and oxygen atoms in total. The van der Waals surface area contributed by atoms with Gasteiger partial charge in [-0.2, -0.15) is 13.2 Å². The summed E-state index contributed by atoms with van der Waals surface area (Å²) in [4.78, 5) is 12.1. The van der Waals surface area contributed by atoms with Crippen LogP contribution >= 0.6 is 0 Å². The largest absolute Gasteiger partial charge is 0.491 e. The lowest BCUT2D eigenvalue weighted by atomic mass is 10.1. The molecular weight excluding hydrogens is 211 g/mol. The van der Waals surface area contributed by atoms with Gasteiger partial charge in [0.15, 0.2) is 6.23 Å². The molecule has 15 heavy (non-hydrogen) atoms. The molecular formula is C9H12F3NO2. The Morgan fingerprint density at radius 2 is 2.13 bits per heavy atom. The van der Waals surface area contributed by atoms with Gasteiger partial charge in [0.1, 0.15) is 0 Å². The number of carbonyl (C=O) groups is 1. The zero-order valence-electron chi connectivity index (χ0n) is 8.09. The van der Waals surface area contributed by atoms with Crippen molar-refractivity contribution in [1.82, 2.24) is 4.90 Å². The highest BCUT2D eigenvalue weighted by molar-refractivity contribution is 5.75. The molecule has 1 aliphatic rings. The number of likely N-dealkylation sites (tertiary alicyclic amines) is 1. The minimum absolute atomic E-state index is 0.411. The predicted molar refractivity (Wildman–Crippen MR) is 46.7 cm³/mol. The molecule has 1 unspecified atom stereocenters. The quantitative estimate of drug-likeness (QED) is 0.671. The number of piperidine rings is 1. The van der Waals surface area contributed by atoms with Crippen LogP contribution in [0.1, 0.15) is 19.3 Å². The van der Waals surface area contributed by atoms with Gasteiger partial charge in [0.2, 0.25) is 0 Å². The summed E-state index contributed by atoms with van der Waals surface area (Å²) in [6.07, 6.45) is -2.33. The lowest BCUT2D eigenvalue weighted by Gasteiger charge is -2.33. The van der Waals surface area contributed by atoms with Crippen molar-refractivity contribution in [2.45, 2.75) is 31.7 Å². The van der Waals surface area contributed by atoms with E-state index in [1.165, 1.54) is 11.1 Å². The van der Waals surface area contributed by atoms with Gasteiger partial charge in [-0.05, 0) is 19.0 Å². The Kier molecular flexibility index (Phi) is 3.60. The fourth-order valence-electron chi connectivity index (χ4n) is 1.45. The Labute approximate surface area is 85.5 Å². The van der Waals surface area contributed by atoms with Crippen molar-refractivity contribution in [3.05, 3.63) is 12.8 Å². The molecule has 0 bridgehead atoms. The number of hydrogen-bond donors (Lipinski definition) is 0. The summed E-state index contributed by atoms with van der Waals surface area (Å²) in [5, 5.41) is 0. The molecule has 6 heteroatoms. The van der Waals surface area contributed by atoms with Crippen molar-refractivity contribution in [3.8, 4) is 0 Å². The van der Waals surface area contributed by atoms with E-state index in [9.17, 15) is 18.0 Å². The maximum atomic E-state index is 11.9. The van der Waals surface area contributed by atoms with E-state index in [-0.39, 0.29) is 0 Å². The summed E-state index contributed by atoms with van der Waals surface area (Å²) in [5.41, 5.74) is 0. The number of alkyl halides is 3. The van der Waals surface area contributed by atoms with E-state index in [1.807, 2.05) is 0 Å². The minimum atomic E-state index is -4.93. The van der Waals surface area contributed by atoms with Crippen LogP contribution in [0.3, 0.4) is 0 Å². The number of halogens is 3. The third kappa shape index (κ3) is 3.14. The maximum absolute atomic E-state index is 11.9. The standard InChI is InChI=1S/C9H12F3NO2/c1-2-13-6-4-3-5-7(13)15-8(14)9(10,11)12/h2,7H,1,3-6H2. The number of hydrogen-bond acceptors (Lipinski definition) is 3. The van der Waals surface area contributed by atoms with Gasteiger partial charge in [-0.1, -0.05) is 6.58 Å². The van der Waals surface area contributed by atoms with E-state index in [1.54, 1.807) is 0 Å². The van der Waals surface area contributed by atoms with E-state index in [0.717, 1.165) is 12.8 Å². The molecule has 1 heterocycles. The van der Waals surface area contributed by atoms with E-state index in [2.05, 4.69) is 11.3 Å². The molecule has 0 saturated carbocycles. The third-order valence-electron chi connectivity index (χ3n) is 2.20. The van der Waals surface area contributed by atoms with Crippen LogP contribution in [0.15, 0.2) is 12.8 Å². The average Bonchev–Trinajstić information content (AvgIpc) is 2.17. The van der Waals surface area contributed by atoms with E-state index in [0.29, 0.717) is 13.0 Å². The number of carbonyl (C=O) groups excluding carboxylic acids is 1. The average molecular weight is 223 g/mol. The molecule has 0 amide bonds. The molecule has 1 saturated heterocycles. The first-order valence-electron chi connectivity index (χ1n) is 4.61. The highest BCUT2D eigenvalue weighted by Gasteiger charge is 2.43. The Morgan fingerprint density at radius 1 is 1.47 bits per heavy atom. The smallest absolute Gasteiger partial charge is 0.435 e. The molecule has 1 atom stereocenters. The second-order valence-electron chi connectivity index (χ2n) is 3.27. The van der Waals surface area contributed by atoms with Crippen LogP contribution in [0.2, 0.25) is 0 Å². The topological polar surface area (TPSA) is 29.5 Å². The molecule has 0 N–H and O–H groups in total. The van der Waals surface area contributed by atoms with Gasteiger partial charge in [-0.15, -0.1) is 0 Å². The fraction of sp³-hybridized carbons (Fsp3) is 0.667. The fourth-order valence-corrected chi connectivity index (χ4v) is 1.45. The summed E-state index contributed by atoms with van der Waals surface area (Å²) in [6.45, 7) is 4.03. The van der Waals surface area contributed by atoms with Crippen LogP contribution in [-0.4, -0.2) is 29.8 Å². The van der Waals surface area contributed by atoms with Crippen molar-refractivity contribution < 1.29 is 22.7 Å². The van der Waals surface area contributed by atoms with Crippen molar-refractivity contribution in [3.63, 3.8) is 0 Å². The molecule has 1 aliphatic heterocycles. The van der Waals surface area contributed by atoms with Crippen molar-refractivity contribution in [2.24, 2.45) is 0 Å². The maximum Gasteiger partial charge on any atom is 0.491 e. The lowest BCUT2D eigenvalue weighted by molar-refractivity contribution is -0.212. The summed E-state index contributed by atoms with van der Waals surface area (Å²) in [5.74, 6) is -2.14. The molecule has 1 fully saturated rings. The van der Waals surface area contributed by atoms with E-state index >= 15 is 0 Å². The van der Waals surface area contributed by atoms with Crippen LogP contribution < -0.4 is 0 Å². The minimum Gasteiger partial charge on any atom is -0.435 e. The van der Waals surface area contributed by atoms with Crippen LogP contribution in [0.5, 0.6) is 0 Å². The highest BCUT2D eigenvalue weighted by Crippen LogP contribution is 2.23. The van der Waals surface area contributed by atoms with Crippen molar-refractivity contribution >= 4 is 5.97 Å². The molecule has 0 aromatic rings. The number of ether oxygens (including phenoxy) is 1. The molecule has 0 aromatic carbocycles. The molecule has 86 valence electrons. The Bertz CT molecular complexity index is 252. The summed E-state index contributed by atoms with van der Waals surface area (Å²) in [6, 6.07) is 0. The van der Waals surface area contributed by atoms with Crippen molar-refractivity contribution in [1.29, 1.82) is 0 Å². The molecule has 0 radical (unpaired) electrons. The first-order valence-corrected chi connectivity index (χ1v) is 4.61. The summed E-state index contributed by atoms with van der Waals surface area (Å²) >= 11 is 0. The van der Waals surface area contributed by atoms with E-state index < -0.39 is 18.4 Å². The van der Waals surface area contributed by atoms with Crippen molar-refractivity contribution in [2.75, 3.05) is 6.54 Å². The highest BCUT2D eigenvalue weighted by atomic mass is 19.4. The molecule has 0 spiro atoms. The first kappa shape index (κ1) is 11.9. The third-order valence-corrected chi connectivity index (χ3v) is 2.20. The lowest BCUT2D eigenvalue weighted by Crippen LogP contribution is -2.41. The monoisotopic (exact) mass is 223 g/mol. The van der Waals surface area contributed by atoms with Gasteiger partial charge in [0.25, 0.3) is 0 Å². The normalized spacial score (nSPS) is 22.3. The molecule has 0 aliphatic carbocycles. The van der Waals surface area contributed by atoms with Gasteiger partial charge in [-0.3, -0.25) is 0 Å². The van der Waals surface area contributed by atoms with Crippen LogP contribution in [0.4, 0.5) is 13.2 Å². The zero-order chi connectivity index (χ0) is 11.5. The Hall–Kier alpha value is -1.20. The number of esters is 1. The number of nitrogens with zero attached hydrogens (tertiary/aromatic N) is 1. The van der Waals surface area contributed by atoms with Crippen LogP contribution in [0, 0.1) is 0 Å². The van der Waals surface area contributed by atoms with Gasteiger partial charge >= 0.3 is 12.1 Å². The van der Waals surface area contributed by atoms with E-state index in [4.69, 9.17) is 0 Å². The zero-order valence-corrected chi connectivity index (χ0v) is 8.09. The van der Waals surface area contributed by atoms with Gasteiger partial charge in [0.05, 0.1) is 0 Å². The SMILES string of the molecule is C=CN1CCCCC1OC(=O)C(F)(F)F. The molecule has 0 aromatic heterocycles. The summed E-state index contributed by atoms with van der Waals surface area (Å²) in [7, 11) is 0. The van der Waals surface area contributed by atoms with Gasteiger partial charge in [-0.25, -0.2) is 4.79 Å². The van der Waals surface area contributed by atoms with Crippen LogP contribution in [-0.2, 0) is 9.53 Å². The Morgan fingerprint density at radius 3 is 2.67 bits per heavy atom. The first-order chi connectivity index (χ1) is 6.95.